The standard InChI is InChI=1S/C18H21BrN2O3/c1-10-7-8-12(9-14(10)19)16-15(11(2)20-18(23)21-16)17(22)24-13-5-3-4-6-13/h7-9,13,16H,3-6H2,1-2H3,(H2,20,21,23)/t16-/m0/s1. The Morgan fingerprint density at radius 3 is 2.62 bits per heavy atom. The summed E-state index contributed by atoms with van der Waals surface area (Å²) >= 11 is 3.51. The van der Waals surface area contributed by atoms with Crippen molar-refractivity contribution >= 4 is 27.9 Å². The first kappa shape index (κ1) is 17.0. The van der Waals surface area contributed by atoms with Crippen molar-refractivity contribution in [3.63, 3.8) is 0 Å². The van der Waals surface area contributed by atoms with Gasteiger partial charge in [0, 0.05) is 10.2 Å². The molecule has 0 saturated heterocycles. The van der Waals surface area contributed by atoms with E-state index in [1.807, 2.05) is 25.1 Å². The maximum atomic E-state index is 12.7. The molecule has 2 amide bonds. The van der Waals surface area contributed by atoms with Crippen molar-refractivity contribution in [3.8, 4) is 0 Å². The van der Waals surface area contributed by atoms with Crippen LogP contribution < -0.4 is 10.6 Å². The summed E-state index contributed by atoms with van der Waals surface area (Å²) in [7, 11) is 0. The van der Waals surface area contributed by atoms with Gasteiger partial charge in [-0.1, -0.05) is 28.1 Å². The highest BCUT2D eigenvalue weighted by atomic mass is 79.9. The lowest BCUT2D eigenvalue weighted by molar-refractivity contribution is -0.144. The highest BCUT2D eigenvalue weighted by Gasteiger charge is 2.34. The quantitative estimate of drug-likeness (QED) is 0.767. The SMILES string of the molecule is CC1=C(C(=O)OC2CCCC2)[C@H](c2ccc(C)c(Br)c2)NC(=O)N1. The van der Waals surface area contributed by atoms with Crippen LogP contribution in [-0.2, 0) is 9.53 Å². The fourth-order valence-electron chi connectivity index (χ4n) is 3.22. The average molecular weight is 393 g/mol. The number of nitrogens with one attached hydrogen (secondary N) is 2. The molecule has 5 nitrogen and oxygen atoms in total. The number of amides is 2. The molecule has 24 heavy (non-hydrogen) atoms. The third kappa shape index (κ3) is 3.48. The van der Waals surface area contributed by atoms with E-state index in [2.05, 4.69) is 26.6 Å². The first-order valence-corrected chi connectivity index (χ1v) is 9.00. The molecule has 3 rings (SSSR count). The van der Waals surface area contributed by atoms with Crippen molar-refractivity contribution in [1.29, 1.82) is 0 Å². The van der Waals surface area contributed by atoms with Crippen LogP contribution in [0.15, 0.2) is 33.9 Å². The van der Waals surface area contributed by atoms with Crippen LogP contribution in [-0.4, -0.2) is 18.1 Å². The number of hydrogen-bond donors (Lipinski definition) is 2. The summed E-state index contributed by atoms with van der Waals surface area (Å²) in [5.74, 6) is -0.353. The molecule has 1 heterocycles. The zero-order valence-corrected chi connectivity index (χ0v) is 15.4. The van der Waals surface area contributed by atoms with Crippen LogP contribution in [0.5, 0.6) is 0 Å². The second kappa shape index (κ2) is 6.97. The summed E-state index contributed by atoms with van der Waals surface area (Å²) in [6.45, 7) is 3.73. The number of allylic oxidation sites excluding steroid dienone is 1. The molecule has 0 bridgehead atoms. The van der Waals surface area contributed by atoms with Gasteiger partial charge in [-0.05, 0) is 56.7 Å². The maximum absolute atomic E-state index is 12.7. The van der Waals surface area contributed by atoms with Gasteiger partial charge in [0.05, 0.1) is 11.6 Å². The Kier molecular flexibility index (Phi) is 4.94. The van der Waals surface area contributed by atoms with Crippen LogP contribution in [0.2, 0.25) is 0 Å². The predicted molar refractivity (Wildman–Crippen MR) is 94.3 cm³/mol. The van der Waals surface area contributed by atoms with Crippen molar-refractivity contribution < 1.29 is 14.3 Å². The Hall–Kier alpha value is -1.82. The van der Waals surface area contributed by atoms with E-state index in [1.54, 1.807) is 6.92 Å². The number of hydrogen-bond acceptors (Lipinski definition) is 3. The zero-order valence-electron chi connectivity index (χ0n) is 13.8. The van der Waals surface area contributed by atoms with E-state index in [0.29, 0.717) is 11.3 Å². The van der Waals surface area contributed by atoms with Crippen LogP contribution in [0.3, 0.4) is 0 Å². The van der Waals surface area contributed by atoms with E-state index < -0.39 is 6.04 Å². The monoisotopic (exact) mass is 392 g/mol. The van der Waals surface area contributed by atoms with Gasteiger partial charge in [0.15, 0.2) is 0 Å². The second-order valence-electron chi connectivity index (χ2n) is 6.39. The number of halogens is 1. The topological polar surface area (TPSA) is 67.4 Å². The Labute approximate surface area is 150 Å². The minimum Gasteiger partial charge on any atom is -0.459 e. The van der Waals surface area contributed by atoms with Crippen LogP contribution in [0, 0.1) is 6.92 Å². The van der Waals surface area contributed by atoms with Gasteiger partial charge in [0.1, 0.15) is 6.10 Å². The summed E-state index contributed by atoms with van der Waals surface area (Å²) in [4.78, 5) is 24.6. The maximum Gasteiger partial charge on any atom is 0.338 e. The van der Waals surface area contributed by atoms with E-state index in [9.17, 15) is 9.59 Å². The minimum absolute atomic E-state index is 0.0131. The second-order valence-corrected chi connectivity index (χ2v) is 7.24. The lowest BCUT2D eigenvalue weighted by Crippen LogP contribution is -2.45. The minimum atomic E-state index is -0.510. The van der Waals surface area contributed by atoms with Crippen LogP contribution in [0.1, 0.15) is 49.8 Å². The Bertz CT molecular complexity index is 708. The predicted octanol–water partition coefficient (Wildman–Crippen LogP) is 3.87. The van der Waals surface area contributed by atoms with Gasteiger partial charge in [-0.2, -0.15) is 0 Å². The number of benzene rings is 1. The van der Waals surface area contributed by atoms with E-state index >= 15 is 0 Å². The first-order chi connectivity index (χ1) is 11.5. The van der Waals surface area contributed by atoms with Crippen molar-refractivity contribution in [2.45, 2.75) is 51.7 Å². The number of ether oxygens (including phenoxy) is 1. The molecule has 1 fully saturated rings. The number of carbonyl (C=O) groups is 2. The fourth-order valence-corrected chi connectivity index (χ4v) is 3.62. The summed E-state index contributed by atoms with van der Waals surface area (Å²) < 4.78 is 6.60. The lowest BCUT2D eigenvalue weighted by Gasteiger charge is -2.29. The molecule has 6 heteroatoms. The fraction of sp³-hybridized carbons (Fsp3) is 0.444. The van der Waals surface area contributed by atoms with Gasteiger partial charge >= 0.3 is 12.0 Å². The lowest BCUT2D eigenvalue weighted by atomic mass is 9.95. The van der Waals surface area contributed by atoms with Crippen molar-refractivity contribution in [3.05, 3.63) is 45.1 Å². The normalized spacial score (nSPS) is 21.5. The largest absolute Gasteiger partial charge is 0.459 e. The Morgan fingerprint density at radius 1 is 1.25 bits per heavy atom. The van der Waals surface area contributed by atoms with Crippen molar-refractivity contribution in [2.75, 3.05) is 0 Å². The van der Waals surface area contributed by atoms with E-state index in [-0.39, 0.29) is 18.1 Å². The number of rotatable bonds is 3. The molecule has 2 aliphatic rings. The molecule has 2 N–H and O–H groups in total. The summed E-state index contributed by atoms with van der Waals surface area (Å²) in [6, 6.07) is 4.99. The third-order valence-corrected chi connectivity index (χ3v) is 5.45. The molecule has 1 aliphatic carbocycles. The molecule has 0 radical (unpaired) electrons. The van der Waals surface area contributed by atoms with Crippen LogP contribution >= 0.6 is 15.9 Å². The van der Waals surface area contributed by atoms with E-state index in [0.717, 1.165) is 41.3 Å². The number of esters is 1. The molecule has 128 valence electrons. The van der Waals surface area contributed by atoms with E-state index in [4.69, 9.17) is 4.74 Å². The molecule has 0 spiro atoms. The molecule has 1 aromatic carbocycles. The molecule has 0 unspecified atom stereocenters. The summed E-state index contributed by atoms with van der Waals surface area (Å²) in [6.07, 6.45) is 4.01. The Balaban J connectivity index is 1.92. The highest BCUT2D eigenvalue weighted by molar-refractivity contribution is 9.10. The van der Waals surface area contributed by atoms with Gasteiger partial charge in [-0.3, -0.25) is 0 Å². The summed E-state index contributed by atoms with van der Waals surface area (Å²) in [5, 5.41) is 5.51. The van der Waals surface area contributed by atoms with Gasteiger partial charge in [-0.15, -0.1) is 0 Å². The zero-order chi connectivity index (χ0) is 17.3. The van der Waals surface area contributed by atoms with Crippen molar-refractivity contribution in [1.82, 2.24) is 10.6 Å². The molecule has 0 aromatic heterocycles. The van der Waals surface area contributed by atoms with Gasteiger partial charge in [-0.25, -0.2) is 9.59 Å². The van der Waals surface area contributed by atoms with Crippen molar-refractivity contribution in [2.24, 2.45) is 0 Å². The smallest absolute Gasteiger partial charge is 0.338 e. The average Bonchev–Trinajstić information content (AvgIpc) is 3.02. The third-order valence-electron chi connectivity index (χ3n) is 4.59. The first-order valence-electron chi connectivity index (χ1n) is 8.21. The summed E-state index contributed by atoms with van der Waals surface area (Å²) in [5.41, 5.74) is 2.95. The molecular weight excluding hydrogens is 372 g/mol. The highest BCUT2D eigenvalue weighted by Crippen LogP contribution is 2.31. The number of carbonyl (C=O) groups excluding carboxylic acids is 2. The molecule has 1 saturated carbocycles. The molecular formula is C18H21BrN2O3. The number of aryl methyl sites for hydroxylation is 1. The van der Waals surface area contributed by atoms with Crippen LogP contribution in [0.25, 0.3) is 0 Å². The van der Waals surface area contributed by atoms with Gasteiger partial charge in [0.25, 0.3) is 0 Å². The molecule has 1 aromatic rings. The van der Waals surface area contributed by atoms with Gasteiger partial charge in [0.2, 0.25) is 0 Å². The Morgan fingerprint density at radius 2 is 1.96 bits per heavy atom. The number of urea groups is 1. The molecule has 1 atom stereocenters. The van der Waals surface area contributed by atoms with E-state index in [1.165, 1.54) is 0 Å². The molecule has 1 aliphatic heterocycles. The van der Waals surface area contributed by atoms with Crippen LogP contribution in [0.4, 0.5) is 4.79 Å². The van der Waals surface area contributed by atoms with Gasteiger partial charge < -0.3 is 15.4 Å².